The predicted molar refractivity (Wildman–Crippen MR) is 67.5 cm³/mol. The fourth-order valence-electron chi connectivity index (χ4n) is 1.57. The summed E-state index contributed by atoms with van der Waals surface area (Å²) in [6, 6.07) is 5.09. The second-order valence-corrected chi connectivity index (χ2v) is 4.10. The standard InChI is InChI=1S/C13H12FN3O2/c1-7-5-10(8(2)17-16-7)13(19)15-12-4-3-9(18)6-11(12)14/h3-6,18H,1-2H3,(H,15,19). The third-order valence-corrected chi connectivity index (χ3v) is 2.55. The first-order chi connectivity index (χ1) is 8.97. The van der Waals surface area contributed by atoms with Gasteiger partial charge < -0.3 is 10.4 Å². The van der Waals surface area contributed by atoms with E-state index in [9.17, 15) is 9.18 Å². The molecule has 6 heteroatoms. The Kier molecular flexibility index (Phi) is 3.41. The van der Waals surface area contributed by atoms with E-state index >= 15 is 0 Å². The molecule has 1 aromatic carbocycles. The molecule has 1 aromatic heterocycles. The summed E-state index contributed by atoms with van der Waals surface area (Å²) in [5.41, 5.74) is 1.39. The van der Waals surface area contributed by atoms with E-state index in [1.54, 1.807) is 19.9 Å². The number of nitrogens with zero attached hydrogens (tertiary/aromatic N) is 2. The summed E-state index contributed by atoms with van der Waals surface area (Å²) in [6.07, 6.45) is 0. The monoisotopic (exact) mass is 261 g/mol. The molecule has 2 N–H and O–H groups in total. The van der Waals surface area contributed by atoms with E-state index in [1.807, 2.05) is 0 Å². The highest BCUT2D eigenvalue weighted by Crippen LogP contribution is 2.20. The Bertz CT molecular complexity index is 644. The van der Waals surface area contributed by atoms with Crippen molar-refractivity contribution in [3.63, 3.8) is 0 Å². The average molecular weight is 261 g/mol. The van der Waals surface area contributed by atoms with Gasteiger partial charge in [0.05, 0.1) is 22.6 Å². The van der Waals surface area contributed by atoms with Gasteiger partial charge in [-0.3, -0.25) is 4.79 Å². The molecule has 5 nitrogen and oxygen atoms in total. The Morgan fingerprint density at radius 1 is 1.26 bits per heavy atom. The number of nitrogens with one attached hydrogen (secondary N) is 1. The molecule has 0 radical (unpaired) electrons. The molecular weight excluding hydrogens is 249 g/mol. The molecule has 2 rings (SSSR count). The van der Waals surface area contributed by atoms with Gasteiger partial charge in [0.1, 0.15) is 11.6 Å². The largest absolute Gasteiger partial charge is 0.508 e. The van der Waals surface area contributed by atoms with Crippen LogP contribution in [0.4, 0.5) is 10.1 Å². The van der Waals surface area contributed by atoms with Crippen LogP contribution in [0.5, 0.6) is 5.75 Å². The zero-order valence-corrected chi connectivity index (χ0v) is 10.4. The van der Waals surface area contributed by atoms with Crippen molar-refractivity contribution >= 4 is 11.6 Å². The fraction of sp³-hybridized carbons (Fsp3) is 0.154. The van der Waals surface area contributed by atoms with Crippen LogP contribution < -0.4 is 5.32 Å². The van der Waals surface area contributed by atoms with Gasteiger partial charge in [0.15, 0.2) is 0 Å². The number of carbonyl (C=O) groups is 1. The Hall–Kier alpha value is -2.50. The van der Waals surface area contributed by atoms with Crippen molar-refractivity contribution in [2.45, 2.75) is 13.8 Å². The van der Waals surface area contributed by atoms with E-state index in [1.165, 1.54) is 12.1 Å². The highest BCUT2D eigenvalue weighted by molar-refractivity contribution is 6.05. The second-order valence-electron chi connectivity index (χ2n) is 4.10. The maximum absolute atomic E-state index is 13.5. The molecule has 2 aromatic rings. The van der Waals surface area contributed by atoms with E-state index in [2.05, 4.69) is 15.5 Å². The molecule has 0 unspecified atom stereocenters. The maximum Gasteiger partial charge on any atom is 0.257 e. The van der Waals surface area contributed by atoms with E-state index in [0.717, 1.165) is 6.07 Å². The van der Waals surface area contributed by atoms with Gasteiger partial charge in [0, 0.05) is 6.07 Å². The maximum atomic E-state index is 13.5. The minimum Gasteiger partial charge on any atom is -0.508 e. The van der Waals surface area contributed by atoms with Crippen molar-refractivity contribution in [1.82, 2.24) is 10.2 Å². The minimum atomic E-state index is -0.704. The van der Waals surface area contributed by atoms with Crippen molar-refractivity contribution in [2.75, 3.05) is 5.32 Å². The number of hydrogen-bond donors (Lipinski definition) is 2. The molecule has 1 amide bonds. The van der Waals surface area contributed by atoms with Gasteiger partial charge in [0.25, 0.3) is 5.91 Å². The molecule has 0 fully saturated rings. The molecular formula is C13H12FN3O2. The van der Waals surface area contributed by atoms with E-state index < -0.39 is 11.7 Å². The summed E-state index contributed by atoms with van der Waals surface area (Å²) >= 11 is 0. The second kappa shape index (κ2) is 5.01. The molecule has 0 atom stereocenters. The summed E-state index contributed by atoms with van der Waals surface area (Å²) in [7, 11) is 0. The number of anilines is 1. The quantitative estimate of drug-likeness (QED) is 0.812. The van der Waals surface area contributed by atoms with Crippen LogP contribution in [0.15, 0.2) is 24.3 Å². The first-order valence-electron chi connectivity index (χ1n) is 5.58. The number of carbonyl (C=O) groups excluding carboxylic acids is 1. The lowest BCUT2D eigenvalue weighted by atomic mass is 10.2. The average Bonchev–Trinajstić information content (AvgIpc) is 2.35. The van der Waals surface area contributed by atoms with Gasteiger partial charge in [-0.05, 0) is 32.0 Å². The zero-order valence-electron chi connectivity index (χ0n) is 10.4. The van der Waals surface area contributed by atoms with Crippen molar-refractivity contribution in [3.05, 3.63) is 47.0 Å². The summed E-state index contributed by atoms with van der Waals surface area (Å²) in [6.45, 7) is 3.36. The van der Waals surface area contributed by atoms with Crippen LogP contribution in [0.25, 0.3) is 0 Å². The van der Waals surface area contributed by atoms with Crippen molar-refractivity contribution in [2.24, 2.45) is 0 Å². The number of aromatic hydroxyl groups is 1. The number of halogens is 1. The number of hydrogen-bond acceptors (Lipinski definition) is 4. The molecule has 19 heavy (non-hydrogen) atoms. The topological polar surface area (TPSA) is 75.1 Å². The molecule has 0 aliphatic heterocycles. The highest BCUT2D eigenvalue weighted by Gasteiger charge is 2.13. The van der Waals surface area contributed by atoms with Crippen molar-refractivity contribution < 1.29 is 14.3 Å². The van der Waals surface area contributed by atoms with Crippen LogP contribution in [0.2, 0.25) is 0 Å². The van der Waals surface area contributed by atoms with Crippen molar-refractivity contribution in [3.8, 4) is 5.75 Å². The number of amides is 1. The van der Waals surface area contributed by atoms with Crippen LogP contribution in [-0.2, 0) is 0 Å². The number of aromatic nitrogens is 2. The molecule has 0 saturated carbocycles. The first-order valence-corrected chi connectivity index (χ1v) is 5.58. The summed E-state index contributed by atoms with van der Waals surface area (Å²) < 4.78 is 13.5. The fourth-order valence-corrected chi connectivity index (χ4v) is 1.57. The lowest BCUT2D eigenvalue weighted by Gasteiger charge is -2.08. The Morgan fingerprint density at radius 2 is 2.00 bits per heavy atom. The molecule has 1 heterocycles. The van der Waals surface area contributed by atoms with Gasteiger partial charge in [-0.2, -0.15) is 10.2 Å². The van der Waals surface area contributed by atoms with E-state index in [-0.39, 0.29) is 11.4 Å². The Balaban J connectivity index is 2.28. The van der Waals surface area contributed by atoms with Crippen LogP contribution >= 0.6 is 0 Å². The van der Waals surface area contributed by atoms with Crippen LogP contribution in [0.1, 0.15) is 21.7 Å². The summed E-state index contributed by atoms with van der Waals surface area (Å²) in [4.78, 5) is 12.0. The summed E-state index contributed by atoms with van der Waals surface area (Å²) in [5, 5.41) is 19.2. The Morgan fingerprint density at radius 3 is 2.68 bits per heavy atom. The van der Waals surface area contributed by atoms with Gasteiger partial charge >= 0.3 is 0 Å². The number of benzene rings is 1. The van der Waals surface area contributed by atoms with Crippen LogP contribution in [0, 0.1) is 19.7 Å². The van der Waals surface area contributed by atoms with Gasteiger partial charge in [-0.25, -0.2) is 4.39 Å². The third kappa shape index (κ3) is 2.85. The number of rotatable bonds is 2. The van der Waals surface area contributed by atoms with Crippen LogP contribution in [-0.4, -0.2) is 21.2 Å². The van der Waals surface area contributed by atoms with Gasteiger partial charge in [0.2, 0.25) is 0 Å². The lowest BCUT2D eigenvalue weighted by Crippen LogP contribution is -2.15. The van der Waals surface area contributed by atoms with Crippen molar-refractivity contribution in [1.29, 1.82) is 0 Å². The number of aryl methyl sites for hydroxylation is 2. The lowest BCUT2D eigenvalue weighted by molar-refractivity contribution is 0.102. The Labute approximate surface area is 109 Å². The highest BCUT2D eigenvalue weighted by atomic mass is 19.1. The molecule has 98 valence electrons. The predicted octanol–water partition coefficient (Wildman–Crippen LogP) is 2.19. The third-order valence-electron chi connectivity index (χ3n) is 2.55. The zero-order chi connectivity index (χ0) is 14.0. The van der Waals surface area contributed by atoms with Crippen LogP contribution in [0.3, 0.4) is 0 Å². The van der Waals surface area contributed by atoms with Gasteiger partial charge in [-0.1, -0.05) is 0 Å². The molecule has 0 saturated heterocycles. The molecule has 0 spiro atoms. The molecule has 0 aliphatic rings. The first kappa shape index (κ1) is 12.9. The normalized spacial score (nSPS) is 10.3. The summed E-state index contributed by atoms with van der Waals surface area (Å²) in [5.74, 6) is -1.38. The smallest absolute Gasteiger partial charge is 0.257 e. The number of phenolic OH excluding ortho intramolecular Hbond substituents is 1. The minimum absolute atomic E-state index is 0.00309. The molecule has 0 aliphatic carbocycles. The molecule has 0 bridgehead atoms. The van der Waals surface area contributed by atoms with Gasteiger partial charge in [-0.15, -0.1) is 0 Å². The number of phenols is 1. The van der Waals surface area contributed by atoms with E-state index in [4.69, 9.17) is 5.11 Å². The van der Waals surface area contributed by atoms with E-state index in [0.29, 0.717) is 17.0 Å². The SMILES string of the molecule is Cc1cc(C(=O)Nc2ccc(O)cc2F)c(C)nn1.